The van der Waals surface area contributed by atoms with E-state index in [0.29, 0.717) is 17.9 Å². The van der Waals surface area contributed by atoms with Crippen LogP contribution in [-0.2, 0) is 11.3 Å². The van der Waals surface area contributed by atoms with Gasteiger partial charge in [-0.1, -0.05) is 6.07 Å². The average molecular weight is 305 g/mol. The second-order valence-electron chi connectivity index (χ2n) is 5.55. The topological polar surface area (TPSA) is 63.9 Å². The Morgan fingerprint density at radius 2 is 2.14 bits per heavy atom. The zero-order chi connectivity index (χ0) is 14.8. The number of tetrazole rings is 1. The molecule has 0 bridgehead atoms. The van der Waals surface area contributed by atoms with Crippen molar-refractivity contribution < 1.29 is 4.79 Å². The van der Waals surface area contributed by atoms with E-state index in [1.807, 2.05) is 22.4 Å². The minimum absolute atomic E-state index is 0.0739. The van der Waals surface area contributed by atoms with Crippen LogP contribution >= 0.6 is 11.3 Å². The van der Waals surface area contributed by atoms with E-state index in [9.17, 15) is 4.79 Å². The number of piperidine rings is 1. The lowest BCUT2D eigenvalue weighted by atomic mass is 9.97. The highest BCUT2D eigenvalue weighted by Gasteiger charge is 2.29. The first-order valence-corrected chi connectivity index (χ1v) is 8.16. The van der Waals surface area contributed by atoms with Crippen molar-refractivity contribution in [2.45, 2.75) is 51.7 Å². The van der Waals surface area contributed by atoms with Crippen molar-refractivity contribution in [2.75, 3.05) is 0 Å². The number of hydrogen-bond donors (Lipinski definition) is 0. The summed E-state index contributed by atoms with van der Waals surface area (Å²) in [6.45, 7) is 4.38. The van der Waals surface area contributed by atoms with Crippen molar-refractivity contribution in [1.29, 1.82) is 0 Å². The first-order chi connectivity index (χ1) is 10.1. The monoisotopic (exact) mass is 305 g/mol. The molecular formula is C14H19N5OS. The molecular weight excluding hydrogens is 286 g/mol. The molecule has 7 heteroatoms. The van der Waals surface area contributed by atoms with Gasteiger partial charge in [-0.2, -0.15) is 4.80 Å². The van der Waals surface area contributed by atoms with Crippen LogP contribution in [0.1, 0.15) is 33.1 Å². The van der Waals surface area contributed by atoms with Crippen LogP contribution in [0.2, 0.25) is 0 Å². The Morgan fingerprint density at radius 3 is 2.81 bits per heavy atom. The van der Waals surface area contributed by atoms with E-state index >= 15 is 0 Å². The van der Waals surface area contributed by atoms with Crippen LogP contribution in [0, 0.1) is 0 Å². The summed E-state index contributed by atoms with van der Waals surface area (Å²) in [5, 5.41) is 14.3. The molecule has 1 aliphatic rings. The second-order valence-corrected chi connectivity index (χ2v) is 6.50. The van der Waals surface area contributed by atoms with Gasteiger partial charge in [0.1, 0.15) is 6.54 Å². The Morgan fingerprint density at radius 1 is 1.38 bits per heavy atom. The highest BCUT2D eigenvalue weighted by molar-refractivity contribution is 7.13. The van der Waals surface area contributed by atoms with E-state index in [-0.39, 0.29) is 12.5 Å². The number of nitrogens with zero attached hydrogens (tertiary/aromatic N) is 5. The lowest BCUT2D eigenvalue weighted by molar-refractivity contribution is -0.138. The van der Waals surface area contributed by atoms with Gasteiger partial charge in [0.2, 0.25) is 11.7 Å². The van der Waals surface area contributed by atoms with Crippen molar-refractivity contribution in [3.05, 3.63) is 17.5 Å². The van der Waals surface area contributed by atoms with Gasteiger partial charge in [-0.3, -0.25) is 4.79 Å². The number of thiophene rings is 1. The summed E-state index contributed by atoms with van der Waals surface area (Å²) in [6, 6.07) is 4.48. The molecule has 0 radical (unpaired) electrons. The Balaban J connectivity index is 1.70. The molecule has 0 aliphatic carbocycles. The van der Waals surface area contributed by atoms with Crippen molar-refractivity contribution in [2.24, 2.45) is 0 Å². The van der Waals surface area contributed by atoms with Crippen LogP contribution in [-0.4, -0.2) is 43.1 Å². The van der Waals surface area contributed by atoms with E-state index in [4.69, 9.17) is 0 Å². The molecule has 0 N–H and O–H groups in total. The molecule has 3 rings (SSSR count). The molecule has 2 atom stereocenters. The predicted octanol–water partition coefficient (Wildman–Crippen LogP) is 2.19. The van der Waals surface area contributed by atoms with Gasteiger partial charge < -0.3 is 4.90 Å². The summed E-state index contributed by atoms with van der Waals surface area (Å²) in [6.07, 6.45) is 3.33. The summed E-state index contributed by atoms with van der Waals surface area (Å²) in [4.78, 5) is 16.8. The van der Waals surface area contributed by atoms with Gasteiger partial charge in [0.05, 0.1) is 4.88 Å². The predicted molar refractivity (Wildman–Crippen MR) is 80.8 cm³/mol. The Hall–Kier alpha value is -1.76. The van der Waals surface area contributed by atoms with Gasteiger partial charge in [-0.25, -0.2) is 0 Å². The summed E-state index contributed by atoms with van der Waals surface area (Å²) >= 11 is 1.56. The van der Waals surface area contributed by atoms with Crippen LogP contribution in [0.15, 0.2) is 17.5 Å². The summed E-state index contributed by atoms with van der Waals surface area (Å²) in [5.41, 5.74) is 0. The van der Waals surface area contributed by atoms with Crippen molar-refractivity contribution >= 4 is 17.2 Å². The largest absolute Gasteiger partial charge is 0.336 e. The standard InChI is InChI=1S/C14H19N5OS/c1-10-5-3-6-11(2)19(10)13(20)9-18-16-14(15-17-18)12-7-4-8-21-12/h4,7-8,10-11H,3,5-6,9H2,1-2H3/t10-,11+. The van der Waals surface area contributed by atoms with Gasteiger partial charge in [0.15, 0.2) is 0 Å². The third-order valence-corrected chi connectivity index (χ3v) is 4.82. The van der Waals surface area contributed by atoms with Gasteiger partial charge in [-0.15, -0.1) is 21.5 Å². The van der Waals surface area contributed by atoms with Crippen LogP contribution in [0.4, 0.5) is 0 Å². The third-order valence-electron chi connectivity index (χ3n) is 3.95. The Bertz CT molecular complexity index is 599. The minimum atomic E-state index is 0.0739. The molecule has 112 valence electrons. The molecule has 6 nitrogen and oxygen atoms in total. The second kappa shape index (κ2) is 5.93. The first-order valence-electron chi connectivity index (χ1n) is 7.28. The molecule has 1 aliphatic heterocycles. The number of amides is 1. The number of rotatable bonds is 3. The van der Waals surface area contributed by atoms with Crippen LogP contribution in [0.25, 0.3) is 10.7 Å². The first kappa shape index (κ1) is 14.2. The zero-order valence-electron chi connectivity index (χ0n) is 12.3. The van der Waals surface area contributed by atoms with Crippen molar-refractivity contribution in [3.63, 3.8) is 0 Å². The average Bonchev–Trinajstić information content (AvgIpc) is 3.08. The van der Waals surface area contributed by atoms with Crippen molar-refractivity contribution in [1.82, 2.24) is 25.1 Å². The van der Waals surface area contributed by atoms with Crippen molar-refractivity contribution in [3.8, 4) is 10.7 Å². The van der Waals surface area contributed by atoms with Crippen LogP contribution < -0.4 is 0 Å². The summed E-state index contributed by atoms with van der Waals surface area (Å²) in [7, 11) is 0. The normalized spacial score (nSPS) is 22.5. The van der Waals surface area contributed by atoms with Crippen LogP contribution in [0.5, 0.6) is 0 Å². The fourth-order valence-corrected chi connectivity index (χ4v) is 3.58. The van der Waals surface area contributed by atoms with Gasteiger partial charge in [0.25, 0.3) is 0 Å². The maximum atomic E-state index is 12.5. The maximum absolute atomic E-state index is 12.5. The van der Waals surface area contributed by atoms with E-state index in [1.54, 1.807) is 11.3 Å². The quantitative estimate of drug-likeness (QED) is 0.872. The summed E-state index contributed by atoms with van der Waals surface area (Å²) in [5.74, 6) is 0.655. The highest BCUT2D eigenvalue weighted by atomic mass is 32.1. The molecule has 1 fully saturated rings. The van der Waals surface area contributed by atoms with E-state index in [0.717, 1.165) is 17.7 Å². The van der Waals surface area contributed by atoms with E-state index < -0.39 is 0 Å². The third kappa shape index (κ3) is 2.97. The van der Waals surface area contributed by atoms with Gasteiger partial charge in [0, 0.05) is 12.1 Å². The molecule has 0 aromatic carbocycles. The molecule has 3 heterocycles. The molecule has 2 aromatic heterocycles. The number of aromatic nitrogens is 4. The Labute approximate surface area is 127 Å². The fourth-order valence-electron chi connectivity index (χ4n) is 2.93. The minimum Gasteiger partial charge on any atom is -0.336 e. The van der Waals surface area contributed by atoms with E-state index in [1.165, 1.54) is 11.2 Å². The number of hydrogen-bond acceptors (Lipinski definition) is 5. The Kier molecular flexibility index (Phi) is 4.01. The maximum Gasteiger partial charge on any atom is 0.246 e. The summed E-state index contributed by atoms with van der Waals surface area (Å²) < 4.78 is 0. The molecule has 1 amide bonds. The number of likely N-dealkylation sites (tertiary alicyclic amines) is 1. The molecule has 0 unspecified atom stereocenters. The van der Waals surface area contributed by atoms with Gasteiger partial charge >= 0.3 is 0 Å². The number of carbonyl (C=O) groups is 1. The smallest absolute Gasteiger partial charge is 0.246 e. The van der Waals surface area contributed by atoms with E-state index in [2.05, 4.69) is 29.3 Å². The fraction of sp³-hybridized carbons (Fsp3) is 0.571. The molecule has 0 spiro atoms. The molecule has 1 saturated heterocycles. The lowest BCUT2D eigenvalue weighted by Crippen LogP contribution is -2.48. The van der Waals surface area contributed by atoms with Gasteiger partial charge in [-0.05, 0) is 49.8 Å². The molecule has 21 heavy (non-hydrogen) atoms. The molecule has 0 saturated carbocycles. The number of carbonyl (C=O) groups excluding carboxylic acids is 1. The zero-order valence-corrected chi connectivity index (χ0v) is 13.1. The van der Waals surface area contributed by atoms with Crippen LogP contribution in [0.3, 0.4) is 0 Å². The SMILES string of the molecule is C[C@@H]1CCC[C@H](C)N1C(=O)Cn1nnc(-c2cccs2)n1. The highest BCUT2D eigenvalue weighted by Crippen LogP contribution is 2.23. The lowest BCUT2D eigenvalue weighted by Gasteiger charge is -2.38. The molecule has 2 aromatic rings.